The number of nitrogens with zero attached hydrogens (tertiary/aromatic N) is 4. The first kappa shape index (κ1) is 18.7. The zero-order valence-electron chi connectivity index (χ0n) is 14.6. The lowest BCUT2D eigenvalue weighted by atomic mass is 10.2. The summed E-state index contributed by atoms with van der Waals surface area (Å²) in [6.45, 7) is 2.00. The third-order valence-corrected chi connectivity index (χ3v) is 6.16. The van der Waals surface area contributed by atoms with E-state index in [2.05, 4.69) is 10.1 Å². The molecule has 10 heteroatoms. The molecule has 0 radical (unpaired) electrons. The van der Waals surface area contributed by atoms with Gasteiger partial charge < -0.3 is 9.64 Å². The fraction of sp³-hybridized carbons (Fsp3) is 0.438. The first-order chi connectivity index (χ1) is 12.2. The number of anilines is 1. The maximum atomic E-state index is 12.3. The van der Waals surface area contributed by atoms with Crippen molar-refractivity contribution >= 4 is 33.2 Å². The molecule has 0 unspecified atom stereocenters. The molecule has 1 aliphatic heterocycles. The summed E-state index contributed by atoms with van der Waals surface area (Å²) in [5.74, 6) is 0.126. The number of hydrogen-bond acceptors (Lipinski definition) is 7. The van der Waals surface area contributed by atoms with E-state index in [9.17, 15) is 13.2 Å². The van der Waals surface area contributed by atoms with Crippen LogP contribution in [0.3, 0.4) is 0 Å². The lowest BCUT2D eigenvalue weighted by Gasteiger charge is -2.25. The minimum Gasteiger partial charge on any atom is -0.467 e. The van der Waals surface area contributed by atoms with E-state index < -0.39 is 27.1 Å². The normalized spacial score (nSPS) is 20.4. The summed E-state index contributed by atoms with van der Waals surface area (Å²) in [5, 5.41) is 4.11. The van der Waals surface area contributed by atoms with Gasteiger partial charge in [0, 0.05) is 31.1 Å². The van der Waals surface area contributed by atoms with E-state index >= 15 is 0 Å². The lowest BCUT2D eigenvalue weighted by Crippen LogP contribution is -2.38. The van der Waals surface area contributed by atoms with Crippen LogP contribution in [0.1, 0.15) is 12.1 Å². The Morgan fingerprint density at radius 3 is 2.73 bits per heavy atom. The van der Waals surface area contributed by atoms with E-state index in [1.54, 1.807) is 34.0 Å². The summed E-state index contributed by atoms with van der Waals surface area (Å²) in [6.07, 6.45) is 2.91. The highest BCUT2D eigenvalue weighted by Crippen LogP contribution is 2.32. The number of ether oxygens (including phenoxy) is 1. The second-order valence-electron chi connectivity index (χ2n) is 6.27. The van der Waals surface area contributed by atoms with Crippen LogP contribution >= 0.6 is 11.6 Å². The Morgan fingerprint density at radius 2 is 2.12 bits per heavy atom. The molecule has 0 aliphatic carbocycles. The van der Waals surface area contributed by atoms with Crippen molar-refractivity contribution in [1.82, 2.24) is 14.8 Å². The number of halogens is 1. The molecule has 3 rings (SSSR count). The monoisotopic (exact) mass is 398 g/mol. The van der Waals surface area contributed by atoms with Crippen LogP contribution in [-0.4, -0.2) is 60.4 Å². The molecular formula is C16H19ClN4O4S. The number of rotatable bonds is 4. The highest BCUT2D eigenvalue weighted by molar-refractivity contribution is 7.91. The molecule has 0 amide bonds. The van der Waals surface area contributed by atoms with Gasteiger partial charge >= 0.3 is 5.97 Å². The van der Waals surface area contributed by atoms with Gasteiger partial charge in [-0.2, -0.15) is 5.10 Å². The highest BCUT2D eigenvalue weighted by Gasteiger charge is 2.43. The Bertz CT molecular complexity index is 943. The van der Waals surface area contributed by atoms with Gasteiger partial charge in [-0.25, -0.2) is 22.9 Å². The second kappa shape index (κ2) is 6.88. The fourth-order valence-corrected chi connectivity index (χ4v) is 4.26. The van der Waals surface area contributed by atoms with Gasteiger partial charge in [0.2, 0.25) is 0 Å². The van der Waals surface area contributed by atoms with Crippen molar-refractivity contribution < 1.29 is 17.9 Å². The molecular weight excluding hydrogens is 380 g/mol. The number of esters is 1. The van der Waals surface area contributed by atoms with E-state index in [0.717, 1.165) is 5.69 Å². The smallest absolute Gasteiger partial charge is 0.328 e. The highest BCUT2D eigenvalue weighted by atomic mass is 35.5. The first-order valence-corrected chi connectivity index (χ1v) is 10.3. The largest absolute Gasteiger partial charge is 0.467 e. The average Bonchev–Trinajstić information content (AvgIpc) is 3.17. The summed E-state index contributed by atoms with van der Waals surface area (Å²) < 4.78 is 30.6. The Morgan fingerprint density at radius 1 is 1.38 bits per heavy atom. The maximum absolute atomic E-state index is 12.3. The van der Waals surface area contributed by atoms with E-state index in [0.29, 0.717) is 16.7 Å². The third-order valence-electron chi connectivity index (χ3n) is 4.40. The number of hydrogen-bond donors (Lipinski definition) is 0. The lowest BCUT2D eigenvalue weighted by molar-refractivity contribution is -0.141. The van der Waals surface area contributed by atoms with Crippen LogP contribution in [0.25, 0.3) is 5.69 Å². The average molecular weight is 399 g/mol. The standard InChI is InChI=1S/C16H19ClN4O4S/c1-10-6-15(21(19-10)11-4-5-18-14(17)7-11)20-9-12(26(3,23)24)8-13(20)16(22)25-2/h4-7,12-13H,8-9H2,1-3H3/t12-,13+/m1/s1. The molecule has 2 aromatic heterocycles. The SMILES string of the molecule is COC(=O)[C@@H]1C[C@@H](S(C)(=O)=O)CN1c1cc(C)nn1-c1ccnc(Cl)c1. The summed E-state index contributed by atoms with van der Waals surface area (Å²) in [7, 11) is -2.01. The quantitative estimate of drug-likeness (QED) is 0.567. The number of aromatic nitrogens is 3. The van der Waals surface area contributed by atoms with Crippen LogP contribution in [0.2, 0.25) is 5.15 Å². The van der Waals surface area contributed by atoms with Crippen LogP contribution in [0, 0.1) is 6.92 Å². The maximum Gasteiger partial charge on any atom is 0.328 e. The van der Waals surface area contributed by atoms with E-state index in [1.165, 1.54) is 13.4 Å². The molecule has 1 saturated heterocycles. The minimum atomic E-state index is -3.31. The summed E-state index contributed by atoms with van der Waals surface area (Å²) in [6, 6.07) is 4.48. The molecule has 2 aromatic rings. The summed E-state index contributed by atoms with van der Waals surface area (Å²) >= 11 is 5.98. The molecule has 8 nitrogen and oxygen atoms in total. The van der Waals surface area contributed by atoms with Crippen molar-refractivity contribution in [3.63, 3.8) is 0 Å². The number of carbonyl (C=O) groups is 1. The van der Waals surface area contributed by atoms with Gasteiger partial charge in [-0.3, -0.25) is 0 Å². The number of aryl methyl sites for hydroxylation is 1. The van der Waals surface area contributed by atoms with Crippen molar-refractivity contribution in [1.29, 1.82) is 0 Å². The van der Waals surface area contributed by atoms with E-state index in [4.69, 9.17) is 16.3 Å². The molecule has 0 bridgehead atoms. The molecule has 3 heterocycles. The van der Waals surface area contributed by atoms with Crippen molar-refractivity contribution in [2.24, 2.45) is 0 Å². The van der Waals surface area contributed by atoms with Crippen molar-refractivity contribution in [3.05, 3.63) is 35.2 Å². The Labute approximate surface area is 156 Å². The molecule has 0 aromatic carbocycles. The molecule has 0 saturated carbocycles. The van der Waals surface area contributed by atoms with Gasteiger partial charge in [0.25, 0.3) is 0 Å². The van der Waals surface area contributed by atoms with Crippen LogP contribution in [0.15, 0.2) is 24.4 Å². The third kappa shape index (κ3) is 3.54. The van der Waals surface area contributed by atoms with Gasteiger partial charge in [-0.15, -0.1) is 0 Å². The van der Waals surface area contributed by atoms with Gasteiger partial charge in [0.05, 0.1) is 23.7 Å². The predicted octanol–water partition coefficient (Wildman–Crippen LogP) is 1.39. The Balaban J connectivity index is 2.08. The number of pyridine rings is 1. The number of methoxy groups -OCH3 is 1. The summed E-state index contributed by atoms with van der Waals surface area (Å²) in [5.41, 5.74) is 1.39. The topological polar surface area (TPSA) is 94.4 Å². The van der Waals surface area contributed by atoms with Crippen LogP contribution in [0.4, 0.5) is 5.82 Å². The molecule has 1 aliphatic rings. The van der Waals surface area contributed by atoms with Gasteiger partial charge in [0.1, 0.15) is 17.0 Å². The van der Waals surface area contributed by atoms with Crippen LogP contribution < -0.4 is 4.90 Å². The van der Waals surface area contributed by atoms with Crippen molar-refractivity contribution in [2.45, 2.75) is 24.6 Å². The Kier molecular flexibility index (Phi) is 4.94. The molecule has 140 valence electrons. The zero-order chi connectivity index (χ0) is 19.1. The van der Waals surface area contributed by atoms with Gasteiger partial charge in [-0.05, 0) is 19.4 Å². The predicted molar refractivity (Wildman–Crippen MR) is 97.5 cm³/mol. The van der Waals surface area contributed by atoms with Crippen molar-refractivity contribution in [2.75, 3.05) is 24.8 Å². The van der Waals surface area contributed by atoms with E-state index in [-0.39, 0.29) is 13.0 Å². The Hall–Kier alpha value is -2.13. The fourth-order valence-electron chi connectivity index (χ4n) is 3.12. The molecule has 26 heavy (non-hydrogen) atoms. The number of carbonyl (C=O) groups excluding carboxylic acids is 1. The van der Waals surface area contributed by atoms with Crippen LogP contribution in [0.5, 0.6) is 0 Å². The molecule has 2 atom stereocenters. The molecule has 1 fully saturated rings. The summed E-state index contributed by atoms with van der Waals surface area (Å²) in [4.78, 5) is 17.9. The molecule has 0 N–H and O–H groups in total. The molecule has 0 spiro atoms. The van der Waals surface area contributed by atoms with Crippen molar-refractivity contribution in [3.8, 4) is 5.69 Å². The van der Waals surface area contributed by atoms with Gasteiger partial charge in [0.15, 0.2) is 9.84 Å². The van der Waals surface area contributed by atoms with Gasteiger partial charge in [-0.1, -0.05) is 11.6 Å². The number of sulfone groups is 1. The minimum absolute atomic E-state index is 0.173. The zero-order valence-corrected chi connectivity index (χ0v) is 16.2. The van der Waals surface area contributed by atoms with E-state index in [1.807, 2.05) is 6.92 Å². The first-order valence-electron chi connectivity index (χ1n) is 7.92. The second-order valence-corrected chi connectivity index (χ2v) is 8.98. The van der Waals surface area contributed by atoms with Crippen LogP contribution in [-0.2, 0) is 19.4 Å².